The van der Waals surface area contributed by atoms with Crippen LogP contribution in [-0.4, -0.2) is 29.8 Å². The molecule has 1 aromatic rings. The lowest BCUT2D eigenvalue weighted by Crippen LogP contribution is -2.38. The predicted octanol–water partition coefficient (Wildman–Crippen LogP) is 1.72. The Morgan fingerprint density at radius 3 is 2.78 bits per heavy atom. The molecule has 4 nitrogen and oxygen atoms in total. The van der Waals surface area contributed by atoms with Crippen LogP contribution in [-0.2, 0) is 11.3 Å². The van der Waals surface area contributed by atoms with Gasteiger partial charge in [-0.3, -0.25) is 4.79 Å². The highest BCUT2D eigenvalue weighted by molar-refractivity contribution is 7.10. The van der Waals surface area contributed by atoms with E-state index in [0.717, 1.165) is 0 Å². The van der Waals surface area contributed by atoms with Gasteiger partial charge in [0.05, 0.1) is 5.69 Å². The zero-order valence-corrected chi connectivity index (χ0v) is 10.4. The molecule has 1 heterocycles. The number of hydrogen-bond donors (Lipinski definition) is 3. The van der Waals surface area contributed by atoms with Crippen molar-refractivity contribution in [3.05, 3.63) is 16.3 Å². The quantitative estimate of drug-likeness (QED) is 0.770. The number of carbonyl (C=O) groups is 1. The number of halogens is 3. The van der Waals surface area contributed by atoms with Crippen LogP contribution in [0.25, 0.3) is 0 Å². The molecule has 0 aromatic carbocycles. The van der Waals surface area contributed by atoms with Gasteiger partial charge in [0.25, 0.3) is 0 Å². The summed E-state index contributed by atoms with van der Waals surface area (Å²) in [6.45, 7) is 0.920. The maximum absolute atomic E-state index is 12.0. The van der Waals surface area contributed by atoms with Crippen molar-refractivity contribution in [2.24, 2.45) is 0 Å². The summed E-state index contributed by atoms with van der Waals surface area (Å²) in [7, 11) is 0. The lowest BCUT2D eigenvalue weighted by molar-refractivity contribution is -0.201. The second-order valence-electron chi connectivity index (χ2n) is 3.63. The molecule has 0 aliphatic carbocycles. The lowest BCUT2D eigenvalue weighted by Gasteiger charge is -2.15. The molecule has 0 saturated carbocycles. The first-order valence-corrected chi connectivity index (χ1v) is 5.98. The number of carbonyl (C=O) groups excluding carboxylic acids is 1. The third kappa shape index (κ3) is 4.63. The minimum atomic E-state index is -4.62. The van der Waals surface area contributed by atoms with Crippen LogP contribution in [0.5, 0.6) is 0 Å². The smallest absolute Gasteiger partial charge is 0.382 e. The normalized spacial score (nSPS) is 13.4. The minimum absolute atomic E-state index is 0.153. The van der Waals surface area contributed by atoms with Gasteiger partial charge in [-0.25, -0.2) is 0 Å². The highest BCUT2D eigenvalue weighted by atomic mass is 32.1. The first-order chi connectivity index (χ1) is 8.30. The molecule has 1 rings (SSSR count). The largest absolute Gasteiger partial charge is 0.415 e. The number of alkyl halides is 3. The highest BCUT2D eigenvalue weighted by Gasteiger charge is 2.37. The van der Waals surface area contributed by atoms with Crippen LogP contribution < -0.4 is 10.6 Å². The monoisotopic (exact) mass is 282 g/mol. The Morgan fingerprint density at radius 2 is 2.22 bits per heavy atom. The summed E-state index contributed by atoms with van der Waals surface area (Å²) < 4.78 is 36.1. The van der Waals surface area contributed by atoms with Gasteiger partial charge >= 0.3 is 6.18 Å². The molecule has 102 valence electrons. The summed E-state index contributed by atoms with van der Waals surface area (Å²) in [5.41, 5.74) is 0.571. The van der Waals surface area contributed by atoms with Gasteiger partial charge in [-0.1, -0.05) is 0 Å². The Labute approximate surface area is 106 Å². The van der Waals surface area contributed by atoms with E-state index >= 15 is 0 Å². The third-order valence-electron chi connectivity index (χ3n) is 2.06. The van der Waals surface area contributed by atoms with Crippen LogP contribution in [0.15, 0.2) is 11.4 Å². The van der Waals surface area contributed by atoms with E-state index in [1.165, 1.54) is 18.3 Å². The van der Waals surface area contributed by atoms with Crippen molar-refractivity contribution >= 4 is 22.9 Å². The topological polar surface area (TPSA) is 61.4 Å². The lowest BCUT2D eigenvalue weighted by atomic mass is 10.3. The molecule has 0 spiro atoms. The van der Waals surface area contributed by atoms with Crippen LogP contribution in [0.3, 0.4) is 0 Å². The molecule has 1 amide bonds. The number of amides is 1. The molecular weight excluding hydrogens is 269 g/mol. The van der Waals surface area contributed by atoms with E-state index < -0.39 is 18.8 Å². The fraction of sp³-hybridized carbons (Fsp3) is 0.500. The maximum Gasteiger partial charge on any atom is 0.415 e. The molecule has 1 atom stereocenters. The average molecular weight is 282 g/mol. The number of nitrogens with one attached hydrogen (secondary N) is 2. The van der Waals surface area contributed by atoms with E-state index in [1.54, 1.807) is 11.4 Å². The molecule has 0 saturated heterocycles. The van der Waals surface area contributed by atoms with E-state index in [0.29, 0.717) is 10.6 Å². The molecule has 0 aliphatic rings. The van der Waals surface area contributed by atoms with Gasteiger partial charge in [-0.2, -0.15) is 13.2 Å². The Morgan fingerprint density at radius 1 is 1.56 bits per heavy atom. The second kappa shape index (κ2) is 6.17. The van der Waals surface area contributed by atoms with Crippen LogP contribution in [0.2, 0.25) is 0 Å². The van der Waals surface area contributed by atoms with E-state index in [9.17, 15) is 18.0 Å². The molecule has 0 fully saturated rings. The molecule has 1 aromatic heterocycles. The number of rotatable bonds is 5. The molecule has 8 heteroatoms. The number of hydrogen-bond acceptors (Lipinski definition) is 4. The first kappa shape index (κ1) is 14.9. The predicted molar refractivity (Wildman–Crippen MR) is 62.4 cm³/mol. The van der Waals surface area contributed by atoms with Crippen LogP contribution in [0, 0.1) is 0 Å². The minimum Gasteiger partial charge on any atom is -0.382 e. The Bertz CT molecular complexity index is 406. The fourth-order valence-electron chi connectivity index (χ4n) is 1.22. The number of thiophene rings is 1. The molecular formula is C10H13F3N2O2S. The number of aliphatic hydroxyl groups is 1. The molecule has 3 N–H and O–H groups in total. The van der Waals surface area contributed by atoms with E-state index in [2.05, 4.69) is 10.6 Å². The molecule has 0 bridgehead atoms. The van der Waals surface area contributed by atoms with E-state index in [4.69, 9.17) is 5.11 Å². The Kier molecular flexibility index (Phi) is 5.12. The third-order valence-corrected chi connectivity index (χ3v) is 2.98. The van der Waals surface area contributed by atoms with Crippen molar-refractivity contribution in [3.63, 3.8) is 0 Å². The van der Waals surface area contributed by atoms with Crippen molar-refractivity contribution in [3.8, 4) is 0 Å². The SMILES string of the molecule is CC(=O)Nc1ccsc1CNCC(O)C(F)(F)F. The molecule has 1 unspecified atom stereocenters. The van der Waals surface area contributed by atoms with Crippen molar-refractivity contribution in [2.75, 3.05) is 11.9 Å². The summed E-state index contributed by atoms with van der Waals surface area (Å²) >= 11 is 1.31. The molecule has 0 radical (unpaired) electrons. The van der Waals surface area contributed by atoms with Gasteiger partial charge in [0.1, 0.15) is 0 Å². The highest BCUT2D eigenvalue weighted by Crippen LogP contribution is 2.23. The number of aliphatic hydroxyl groups excluding tert-OH is 1. The fourth-order valence-corrected chi connectivity index (χ4v) is 2.02. The van der Waals surface area contributed by atoms with Crippen molar-refractivity contribution in [1.82, 2.24) is 5.32 Å². The van der Waals surface area contributed by atoms with Gasteiger partial charge in [0.2, 0.25) is 5.91 Å². The average Bonchev–Trinajstić information content (AvgIpc) is 2.63. The first-order valence-electron chi connectivity index (χ1n) is 5.10. The van der Waals surface area contributed by atoms with Crippen molar-refractivity contribution < 1.29 is 23.1 Å². The van der Waals surface area contributed by atoms with Crippen LogP contribution in [0.4, 0.5) is 18.9 Å². The summed E-state index contributed by atoms with van der Waals surface area (Å²) in [4.78, 5) is 11.6. The summed E-state index contributed by atoms with van der Waals surface area (Å²) in [5, 5.41) is 15.6. The second-order valence-corrected chi connectivity index (χ2v) is 4.63. The van der Waals surface area contributed by atoms with Gasteiger partial charge in [0, 0.05) is 24.9 Å². The molecule has 0 aliphatic heterocycles. The summed E-state index contributed by atoms with van der Waals surface area (Å²) in [6.07, 6.45) is -7.01. The van der Waals surface area contributed by atoms with Gasteiger partial charge < -0.3 is 15.7 Å². The van der Waals surface area contributed by atoms with Crippen molar-refractivity contribution in [1.29, 1.82) is 0 Å². The standard InChI is InChI=1S/C10H13F3N2O2S/c1-6(16)15-7-2-3-18-8(7)4-14-5-9(17)10(11,12)13/h2-3,9,14,17H,4-5H2,1H3,(H,15,16). The van der Waals surface area contributed by atoms with E-state index in [1.807, 2.05) is 0 Å². The van der Waals surface area contributed by atoms with Crippen molar-refractivity contribution in [2.45, 2.75) is 25.7 Å². The van der Waals surface area contributed by atoms with Gasteiger partial charge in [-0.15, -0.1) is 11.3 Å². The zero-order chi connectivity index (χ0) is 13.8. The maximum atomic E-state index is 12.0. The number of anilines is 1. The van der Waals surface area contributed by atoms with Gasteiger partial charge in [-0.05, 0) is 11.4 Å². The van der Waals surface area contributed by atoms with Gasteiger partial charge in [0.15, 0.2) is 6.10 Å². The van der Waals surface area contributed by atoms with E-state index in [-0.39, 0.29) is 12.5 Å². The Balaban J connectivity index is 2.45. The zero-order valence-electron chi connectivity index (χ0n) is 9.54. The Hall–Kier alpha value is -1.12. The molecule has 18 heavy (non-hydrogen) atoms. The summed E-state index contributed by atoms with van der Waals surface area (Å²) in [5.74, 6) is -0.245. The van der Waals surface area contributed by atoms with Crippen LogP contribution >= 0.6 is 11.3 Å². The van der Waals surface area contributed by atoms with Crippen LogP contribution in [0.1, 0.15) is 11.8 Å². The summed E-state index contributed by atoms with van der Waals surface area (Å²) in [6, 6.07) is 1.67.